The highest BCUT2D eigenvalue weighted by Gasteiger charge is 2.25. The Morgan fingerprint density at radius 3 is 2.42 bits per heavy atom. The van der Waals surface area contributed by atoms with Crippen molar-refractivity contribution in [1.82, 2.24) is 0 Å². The lowest BCUT2D eigenvalue weighted by Crippen LogP contribution is -2.34. The molecule has 0 fully saturated rings. The van der Waals surface area contributed by atoms with E-state index in [1.165, 1.54) is 18.2 Å². The zero-order valence-electron chi connectivity index (χ0n) is 18.1. The summed E-state index contributed by atoms with van der Waals surface area (Å²) in [5.74, 6) is -0.395. The van der Waals surface area contributed by atoms with Gasteiger partial charge < -0.3 is 19.2 Å². The van der Waals surface area contributed by atoms with E-state index in [0.29, 0.717) is 22.3 Å². The molecule has 33 heavy (non-hydrogen) atoms. The van der Waals surface area contributed by atoms with Gasteiger partial charge in [-0.3, -0.25) is 9.59 Å². The lowest BCUT2D eigenvalue weighted by molar-refractivity contribution is -0.122. The molecule has 1 aromatic heterocycles. The van der Waals surface area contributed by atoms with Crippen molar-refractivity contribution < 1.29 is 23.1 Å². The van der Waals surface area contributed by atoms with Gasteiger partial charge in [-0.05, 0) is 55.0 Å². The number of para-hydroxylation sites is 2. The summed E-state index contributed by atoms with van der Waals surface area (Å²) < 4.78 is 31.2. The Labute approximate surface area is 189 Å². The quantitative estimate of drug-likeness (QED) is 0.410. The number of carbonyl (C=O) groups is 1. The molecular weight excluding hydrogens is 425 g/mol. The average Bonchev–Trinajstić information content (AvgIpc) is 2.85. The number of rotatable bonds is 7. The summed E-state index contributed by atoms with van der Waals surface area (Å²) in [5.41, 5.74) is 0.604. The van der Waals surface area contributed by atoms with E-state index in [1.54, 1.807) is 68.6 Å². The van der Waals surface area contributed by atoms with Gasteiger partial charge in [0.2, 0.25) is 11.2 Å². The molecule has 0 aliphatic carbocycles. The van der Waals surface area contributed by atoms with Gasteiger partial charge in [0, 0.05) is 5.56 Å². The molecule has 0 aliphatic rings. The molecule has 0 saturated carbocycles. The van der Waals surface area contributed by atoms with Crippen LogP contribution in [0.3, 0.4) is 0 Å². The number of anilines is 1. The standard InChI is InChI=1S/C26H22FNO5/c1-3-21(26(30)28-20-10-6-5-9-19(20)27)32-25-23(29)18-8-4-7-11-22(18)33-24(25)16-12-14-17(31-2)15-13-16/h4-15,21H,3H2,1-2H3,(H,28,30). The first-order valence-electron chi connectivity index (χ1n) is 10.4. The topological polar surface area (TPSA) is 77.8 Å². The van der Waals surface area contributed by atoms with Crippen molar-refractivity contribution in [2.45, 2.75) is 19.4 Å². The van der Waals surface area contributed by atoms with Crippen molar-refractivity contribution >= 4 is 22.6 Å². The summed E-state index contributed by atoms with van der Waals surface area (Å²) in [6, 6.07) is 19.6. The van der Waals surface area contributed by atoms with Gasteiger partial charge in [0.1, 0.15) is 17.1 Å². The van der Waals surface area contributed by atoms with E-state index in [-0.39, 0.29) is 23.6 Å². The lowest BCUT2D eigenvalue weighted by Gasteiger charge is -2.19. The zero-order chi connectivity index (χ0) is 23.4. The molecule has 4 rings (SSSR count). The highest BCUT2D eigenvalue weighted by molar-refractivity contribution is 5.94. The minimum absolute atomic E-state index is 0.0328. The number of amides is 1. The van der Waals surface area contributed by atoms with Crippen LogP contribution in [0.15, 0.2) is 82.0 Å². The molecule has 0 aliphatic heterocycles. The van der Waals surface area contributed by atoms with Crippen molar-refractivity contribution in [2.24, 2.45) is 0 Å². The Balaban J connectivity index is 1.76. The third kappa shape index (κ3) is 4.57. The molecule has 168 valence electrons. The second-order valence-electron chi connectivity index (χ2n) is 7.30. The predicted molar refractivity (Wildman–Crippen MR) is 124 cm³/mol. The Bertz CT molecular complexity index is 1350. The largest absolute Gasteiger partial charge is 0.497 e. The van der Waals surface area contributed by atoms with Crippen molar-refractivity contribution in [1.29, 1.82) is 0 Å². The van der Waals surface area contributed by atoms with Crippen molar-refractivity contribution in [2.75, 3.05) is 12.4 Å². The average molecular weight is 447 g/mol. The molecule has 4 aromatic rings. The first-order chi connectivity index (χ1) is 16.0. The van der Waals surface area contributed by atoms with E-state index in [4.69, 9.17) is 13.9 Å². The third-order valence-electron chi connectivity index (χ3n) is 5.16. The van der Waals surface area contributed by atoms with Gasteiger partial charge in [0.15, 0.2) is 11.9 Å². The summed E-state index contributed by atoms with van der Waals surface area (Å²) in [5, 5.41) is 2.85. The van der Waals surface area contributed by atoms with E-state index in [2.05, 4.69) is 5.32 Å². The van der Waals surface area contributed by atoms with Crippen LogP contribution in [0.5, 0.6) is 11.5 Å². The molecule has 0 bridgehead atoms. The van der Waals surface area contributed by atoms with Gasteiger partial charge in [0.05, 0.1) is 18.2 Å². The molecule has 1 amide bonds. The van der Waals surface area contributed by atoms with Crippen LogP contribution in [0.1, 0.15) is 13.3 Å². The maximum Gasteiger partial charge on any atom is 0.265 e. The van der Waals surface area contributed by atoms with Gasteiger partial charge in [-0.25, -0.2) is 4.39 Å². The number of ether oxygens (including phenoxy) is 2. The maximum atomic E-state index is 14.0. The minimum atomic E-state index is -1.05. The molecule has 0 spiro atoms. The Morgan fingerprint density at radius 1 is 1.03 bits per heavy atom. The SMILES string of the molecule is CCC(Oc1c(-c2ccc(OC)cc2)oc2ccccc2c1=O)C(=O)Nc1ccccc1F. The number of methoxy groups -OCH3 is 1. The van der Waals surface area contributed by atoms with Crippen LogP contribution in [0.2, 0.25) is 0 Å². The summed E-state index contributed by atoms with van der Waals surface area (Å²) >= 11 is 0. The van der Waals surface area contributed by atoms with Crippen LogP contribution in [-0.2, 0) is 4.79 Å². The molecule has 6 nitrogen and oxygen atoms in total. The van der Waals surface area contributed by atoms with E-state index in [0.717, 1.165) is 0 Å². The monoisotopic (exact) mass is 447 g/mol. The highest BCUT2D eigenvalue weighted by Crippen LogP contribution is 2.33. The molecule has 0 radical (unpaired) electrons. The second kappa shape index (κ2) is 9.56. The van der Waals surface area contributed by atoms with Crippen LogP contribution in [0, 0.1) is 5.82 Å². The van der Waals surface area contributed by atoms with Gasteiger partial charge in [0.25, 0.3) is 5.91 Å². The molecular formula is C26H22FNO5. The number of halogens is 1. The van der Waals surface area contributed by atoms with Gasteiger partial charge in [-0.15, -0.1) is 0 Å². The Morgan fingerprint density at radius 2 is 1.73 bits per heavy atom. The Hall–Kier alpha value is -4.13. The summed E-state index contributed by atoms with van der Waals surface area (Å²) in [6.45, 7) is 1.74. The minimum Gasteiger partial charge on any atom is -0.497 e. The lowest BCUT2D eigenvalue weighted by atomic mass is 10.1. The summed E-state index contributed by atoms with van der Waals surface area (Å²) in [4.78, 5) is 26.2. The van der Waals surface area contributed by atoms with E-state index < -0.39 is 23.3 Å². The third-order valence-corrected chi connectivity index (χ3v) is 5.16. The normalized spacial score (nSPS) is 11.7. The first kappa shape index (κ1) is 22.1. The number of benzene rings is 3. The van der Waals surface area contributed by atoms with Crippen molar-refractivity contribution in [3.05, 3.63) is 88.8 Å². The number of carbonyl (C=O) groups excluding carboxylic acids is 1. The first-order valence-corrected chi connectivity index (χ1v) is 10.4. The fourth-order valence-corrected chi connectivity index (χ4v) is 3.40. The molecule has 0 saturated heterocycles. The smallest absolute Gasteiger partial charge is 0.265 e. The number of hydrogen-bond acceptors (Lipinski definition) is 5. The molecule has 1 atom stereocenters. The van der Waals surface area contributed by atoms with Gasteiger partial charge in [-0.2, -0.15) is 0 Å². The molecule has 7 heteroatoms. The van der Waals surface area contributed by atoms with Crippen molar-refractivity contribution in [3.63, 3.8) is 0 Å². The van der Waals surface area contributed by atoms with Crippen LogP contribution >= 0.6 is 0 Å². The number of hydrogen-bond donors (Lipinski definition) is 1. The van der Waals surface area contributed by atoms with Gasteiger partial charge in [-0.1, -0.05) is 31.2 Å². The molecule has 3 aromatic carbocycles. The Kier molecular flexibility index (Phi) is 6.40. The predicted octanol–water partition coefficient (Wildman–Crippen LogP) is 5.40. The second-order valence-corrected chi connectivity index (χ2v) is 7.30. The van der Waals surface area contributed by atoms with E-state index in [1.807, 2.05) is 0 Å². The fraction of sp³-hybridized carbons (Fsp3) is 0.154. The molecule has 1 unspecified atom stereocenters. The maximum absolute atomic E-state index is 14.0. The van der Waals surface area contributed by atoms with E-state index in [9.17, 15) is 14.0 Å². The molecule has 1 heterocycles. The van der Waals surface area contributed by atoms with Crippen LogP contribution in [-0.4, -0.2) is 19.1 Å². The number of nitrogens with one attached hydrogen (secondary N) is 1. The summed E-state index contributed by atoms with van der Waals surface area (Å²) in [7, 11) is 1.56. The highest BCUT2D eigenvalue weighted by atomic mass is 19.1. The van der Waals surface area contributed by atoms with E-state index >= 15 is 0 Å². The summed E-state index contributed by atoms with van der Waals surface area (Å²) in [6.07, 6.45) is -0.806. The zero-order valence-corrected chi connectivity index (χ0v) is 18.1. The van der Waals surface area contributed by atoms with Crippen LogP contribution in [0.25, 0.3) is 22.3 Å². The van der Waals surface area contributed by atoms with Crippen LogP contribution < -0.4 is 20.2 Å². The van der Waals surface area contributed by atoms with Gasteiger partial charge >= 0.3 is 0 Å². The molecule has 1 N–H and O–H groups in total. The number of fused-ring (bicyclic) bond motifs is 1. The van der Waals surface area contributed by atoms with Crippen LogP contribution in [0.4, 0.5) is 10.1 Å². The fourth-order valence-electron chi connectivity index (χ4n) is 3.40. The van der Waals surface area contributed by atoms with Crippen molar-refractivity contribution in [3.8, 4) is 22.8 Å².